The SMILES string of the molecule is N#Cc1ccc(C=Nc2ccc(Cc3ccc(N=Cc4ccc(C#N)cc4)cc3)cc2)cc1. The second-order valence-electron chi connectivity index (χ2n) is 7.49. The predicted octanol–water partition coefficient (Wildman–Crippen LogP) is 6.52. The average molecular weight is 425 g/mol. The zero-order chi connectivity index (χ0) is 22.9. The molecule has 0 atom stereocenters. The third kappa shape index (κ3) is 6.10. The Morgan fingerprint density at radius 3 is 1.21 bits per heavy atom. The summed E-state index contributed by atoms with van der Waals surface area (Å²) in [6.45, 7) is 0. The van der Waals surface area contributed by atoms with Crippen molar-refractivity contribution in [2.45, 2.75) is 6.42 Å². The van der Waals surface area contributed by atoms with Gasteiger partial charge in [-0.15, -0.1) is 0 Å². The minimum atomic E-state index is 0.641. The van der Waals surface area contributed by atoms with Gasteiger partial charge in [0.2, 0.25) is 0 Å². The zero-order valence-electron chi connectivity index (χ0n) is 17.9. The van der Waals surface area contributed by atoms with Crippen molar-refractivity contribution in [1.29, 1.82) is 10.5 Å². The van der Waals surface area contributed by atoms with Gasteiger partial charge in [0.1, 0.15) is 0 Å². The fourth-order valence-electron chi connectivity index (χ4n) is 3.22. The van der Waals surface area contributed by atoms with E-state index in [1.165, 1.54) is 11.1 Å². The lowest BCUT2D eigenvalue weighted by atomic mass is 10.0. The van der Waals surface area contributed by atoms with E-state index in [4.69, 9.17) is 10.5 Å². The quantitative estimate of drug-likeness (QED) is 0.330. The van der Waals surface area contributed by atoms with Crippen molar-refractivity contribution < 1.29 is 0 Å². The van der Waals surface area contributed by atoms with Crippen molar-refractivity contribution in [3.8, 4) is 12.1 Å². The van der Waals surface area contributed by atoms with E-state index in [2.05, 4.69) is 46.4 Å². The number of aliphatic imine (C=N–C) groups is 2. The molecule has 0 N–H and O–H groups in total. The summed E-state index contributed by atoms with van der Waals surface area (Å²) in [5.74, 6) is 0. The molecule has 0 aromatic heterocycles. The molecule has 0 aliphatic rings. The maximum absolute atomic E-state index is 8.87. The van der Waals surface area contributed by atoms with Gasteiger partial charge in [-0.3, -0.25) is 9.98 Å². The summed E-state index contributed by atoms with van der Waals surface area (Å²) in [4.78, 5) is 9.01. The van der Waals surface area contributed by atoms with E-state index in [1.807, 2.05) is 48.5 Å². The van der Waals surface area contributed by atoms with Crippen molar-refractivity contribution in [3.63, 3.8) is 0 Å². The van der Waals surface area contributed by atoms with E-state index >= 15 is 0 Å². The van der Waals surface area contributed by atoms with Crippen LogP contribution in [0.4, 0.5) is 11.4 Å². The summed E-state index contributed by atoms with van der Waals surface area (Å²) in [7, 11) is 0. The third-order valence-electron chi connectivity index (χ3n) is 5.09. The number of rotatable bonds is 6. The molecule has 4 aromatic rings. The number of nitriles is 2. The molecule has 0 saturated carbocycles. The van der Waals surface area contributed by atoms with Crippen molar-refractivity contribution >= 4 is 23.8 Å². The van der Waals surface area contributed by atoms with Gasteiger partial charge in [0.15, 0.2) is 0 Å². The summed E-state index contributed by atoms with van der Waals surface area (Å²) in [5.41, 5.74) is 7.39. The second kappa shape index (κ2) is 10.5. The maximum atomic E-state index is 8.87. The molecule has 0 aliphatic carbocycles. The molecule has 0 amide bonds. The number of nitrogens with zero attached hydrogens (tertiary/aromatic N) is 4. The van der Waals surface area contributed by atoms with E-state index in [-0.39, 0.29) is 0 Å². The highest BCUT2D eigenvalue weighted by Crippen LogP contribution is 2.19. The largest absolute Gasteiger partial charge is 0.256 e. The van der Waals surface area contributed by atoms with Crippen LogP contribution in [0.25, 0.3) is 0 Å². The van der Waals surface area contributed by atoms with E-state index in [0.717, 1.165) is 28.9 Å². The molecular formula is C29H20N4. The summed E-state index contributed by atoms with van der Waals surface area (Å²) in [6, 6.07) is 35.3. The van der Waals surface area contributed by atoms with Crippen LogP contribution in [-0.4, -0.2) is 12.4 Å². The number of hydrogen-bond acceptors (Lipinski definition) is 4. The van der Waals surface area contributed by atoms with Gasteiger partial charge in [0.05, 0.1) is 34.6 Å². The normalized spacial score (nSPS) is 10.8. The molecular weight excluding hydrogens is 404 g/mol. The summed E-state index contributed by atoms with van der Waals surface area (Å²) < 4.78 is 0. The van der Waals surface area contributed by atoms with Crippen molar-refractivity contribution in [3.05, 3.63) is 130 Å². The van der Waals surface area contributed by atoms with Gasteiger partial charge in [-0.1, -0.05) is 48.5 Å². The van der Waals surface area contributed by atoms with E-state index in [9.17, 15) is 0 Å². The first-order valence-corrected chi connectivity index (χ1v) is 10.5. The minimum Gasteiger partial charge on any atom is -0.256 e. The summed E-state index contributed by atoms with van der Waals surface area (Å²) in [6.07, 6.45) is 4.43. The lowest BCUT2D eigenvalue weighted by Crippen LogP contribution is -1.87. The van der Waals surface area contributed by atoms with Crippen LogP contribution in [0, 0.1) is 22.7 Å². The van der Waals surface area contributed by atoms with Gasteiger partial charge >= 0.3 is 0 Å². The smallest absolute Gasteiger partial charge is 0.0991 e. The molecule has 0 fully saturated rings. The Morgan fingerprint density at radius 2 is 0.879 bits per heavy atom. The van der Waals surface area contributed by atoms with E-state index in [0.29, 0.717) is 11.1 Å². The van der Waals surface area contributed by atoms with Crippen LogP contribution < -0.4 is 0 Å². The topological polar surface area (TPSA) is 72.3 Å². The predicted molar refractivity (Wildman–Crippen MR) is 133 cm³/mol. The highest BCUT2D eigenvalue weighted by atomic mass is 14.7. The van der Waals surface area contributed by atoms with Gasteiger partial charge < -0.3 is 0 Å². The van der Waals surface area contributed by atoms with Gasteiger partial charge in [-0.2, -0.15) is 10.5 Å². The monoisotopic (exact) mass is 424 g/mol. The zero-order valence-corrected chi connectivity index (χ0v) is 17.9. The molecule has 4 rings (SSSR count). The van der Waals surface area contributed by atoms with E-state index < -0.39 is 0 Å². The highest BCUT2D eigenvalue weighted by Gasteiger charge is 1.99. The fourth-order valence-corrected chi connectivity index (χ4v) is 3.22. The van der Waals surface area contributed by atoms with Gasteiger partial charge in [0, 0.05) is 12.4 Å². The van der Waals surface area contributed by atoms with Crippen molar-refractivity contribution in [2.24, 2.45) is 9.98 Å². The van der Waals surface area contributed by atoms with Crippen LogP contribution in [0.2, 0.25) is 0 Å². The van der Waals surface area contributed by atoms with E-state index in [1.54, 1.807) is 36.7 Å². The summed E-state index contributed by atoms with van der Waals surface area (Å²) >= 11 is 0. The van der Waals surface area contributed by atoms with Crippen LogP contribution >= 0.6 is 0 Å². The Hall–Kier alpha value is -4.80. The first-order valence-electron chi connectivity index (χ1n) is 10.5. The van der Waals surface area contributed by atoms with Crippen LogP contribution in [-0.2, 0) is 6.42 Å². The lowest BCUT2D eigenvalue weighted by Gasteiger charge is -2.03. The molecule has 0 unspecified atom stereocenters. The van der Waals surface area contributed by atoms with Crippen LogP contribution in [0.3, 0.4) is 0 Å². The molecule has 156 valence electrons. The molecule has 0 saturated heterocycles. The number of hydrogen-bond donors (Lipinski definition) is 0. The first-order chi connectivity index (χ1) is 16.2. The lowest BCUT2D eigenvalue weighted by molar-refractivity contribution is 1.19. The minimum absolute atomic E-state index is 0.641. The Kier molecular flexibility index (Phi) is 6.81. The van der Waals surface area contributed by atoms with Crippen molar-refractivity contribution in [1.82, 2.24) is 0 Å². The molecule has 0 radical (unpaired) electrons. The average Bonchev–Trinajstić information content (AvgIpc) is 2.88. The Morgan fingerprint density at radius 1 is 0.515 bits per heavy atom. The Bertz CT molecular complexity index is 1240. The van der Waals surface area contributed by atoms with Crippen LogP contribution in [0.5, 0.6) is 0 Å². The fraction of sp³-hybridized carbons (Fsp3) is 0.0345. The molecule has 4 aromatic carbocycles. The second-order valence-corrected chi connectivity index (χ2v) is 7.49. The van der Waals surface area contributed by atoms with Crippen molar-refractivity contribution in [2.75, 3.05) is 0 Å². The molecule has 33 heavy (non-hydrogen) atoms. The molecule has 0 heterocycles. The summed E-state index contributed by atoms with van der Waals surface area (Å²) in [5, 5.41) is 17.7. The highest BCUT2D eigenvalue weighted by molar-refractivity contribution is 5.82. The molecule has 0 bridgehead atoms. The van der Waals surface area contributed by atoms with Gasteiger partial charge in [-0.25, -0.2) is 0 Å². The van der Waals surface area contributed by atoms with Crippen LogP contribution in [0.15, 0.2) is 107 Å². The van der Waals surface area contributed by atoms with Gasteiger partial charge in [-0.05, 0) is 77.2 Å². The molecule has 0 spiro atoms. The molecule has 4 heteroatoms. The standard InChI is InChI=1S/C29H20N4/c30-18-24-1-5-26(6-2-24)20-32-28-13-9-22(10-14-28)17-23-11-15-29(16-12-23)33-21-27-7-3-25(19-31)4-8-27/h1-16,20-21H,17H2. The first kappa shape index (κ1) is 21.4. The third-order valence-corrected chi connectivity index (χ3v) is 5.09. The molecule has 4 nitrogen and oxygen atoms in total. The maximum Gasteiger partial charge on any atom is 0.0991 e. The Labute approximate surface area is 193 Å². The Balaban J connectivity index is 1.34. The molecule has 0 aliphatic heterocycles. The number of benzene rings is 4. The van der Waals surface area contributed by atoms with Gasteiger partial charge in [0.25, 0.3) is 0 Å². The van der Waals surface area contributed by atoms with Crippen LogP contribution in [0.1, 0.15) is 33.4 Å².